The maximum absolute atomic E-state index is 11.9. The van der Waals surface area contributed by atoms with Gasteiger partial charge >= 0.3 is 0 Å². The van der Waals surface area contributed by atoms with E-state index in [0.717, 1.165) is 26.0 Å². The number of anilines is 2. The normalized spacial score (nSPS) is 11.5. The lowest BCUT2D eigenvalue weighted by atomic mass is 10.1. The van der Waals surface area contributed by atoms with E-state index in [-0.39, 0.29) is 11.1 Å². The van der Waals surface area contributed by atoms with Crippen LogP contribution in [0.3, 0.4) is 0 Å². The van der Waals surface area contributed by atoms with Gasteiger partial charge in [0.1, 0.15) is 9.79 Å². The Morgan fingerprint density at radius 1 is 0.808 bits per heavy atom. The zero-order chi connectivity index (χ0) is 20.4. The molecular weight excluding hydrogens is 388 g/mol. The van der Waals surface area contributed by atoms with Crippen molar-refractivity contribution < 1.29 is 35.5 Å². The lowest BCUT2D eigenvalue weighted by molar-refractivity contribution is -0.112. The zero-order valence-corrected chi connectivity index (χ0v) is 15.4. The monoisotopic (exact) mass is 404 g/mol. The number of carbonyl (C=O) groups excluding carboxylic acids is 2. The minimum Gasteiger partial charge on any atom is -0.321 e. The molecule has 0 saturated heterocycles. The van der Waals surface area contributed by atoms with Gasteiger partial charge in [0.15, 0.2) is 0 Å². The minimum atomic E-state index is -5.05. The van der Waals surface area contributed by atoms with Crippen LogP contribution in [-0.4, -0.2) is 37.8 Å². The summed E-state index contributed by atoms with van der Waals surface area (Å²) in [5, 5.41) is 4.12. The highest BCUT2D eigenvalue weighted by Crippen LogP contribution is 2.40. The van der Waals surface area contributed by atoms with Crippen molar-refractivity contribution in [3.05, 3.63) is 36.4 Å². The van der Waals surface area contributed by atoms with Gasteiger partial charge in [0.25, 0.3) is 20.2 Å². The lowest BCUT2D eigenvalue weighted by Crippen LogP contribution is -2.21. The first-order valence-electron chi connectivity index (χ1n) is 6.74. The summed E-state index contributed by atoms with van der Waals surface area (Å²) in [6.45, 7) is 8.55. The Hall–Kier alpha value is -2.54. The van der Waals surface area contributed by atoms with E-state index in [9.17, 15) is 35.5 Å². The smallest absolute Gasteiger partial charge is 0.298 e. The zero-order valence-electron chi connectivity index (χ0n) is 13.7. The molecule has 0 spiro atoms. The highest BCUT2D eigenvalue weighted by atomic mass is 32.2. The summed E-state index contributed by atoms with van der Waals surface area (Å²) in [5.74, 6) is -1.85. The second-order valence-electron chi connectivity index (χ2n) is 5.00. The van der Waals surface area contributed by atoms with E-state index in [2.05, 4.69) is 23.8 Å². The van der Waals surface area contributed by atoms with Crippen LogP contribution < -0.4 is 10.6 Å². The molecule has 0 aliphatic rings. The van der Waals surface area contributed by atoms with Gasteiger partial charge in [-0.2, -0.15) is 16.8 Å². The van der Waals surface area contributed by atoms with Crippen LogP contribution in [0.1, 0.15) is 11.1 Å². The number of nitrogens with one attached hydrogen (secondary N) is 2. The number of benzene rings is 1. The second-order valence-corrected chi connectivity index (χ2v) is 7.71. The molecule has 12 heteroatoms. The first-order chi connectivity index (χ1) is 11.8. The fraction of sp³-hybridized carbons (Fsp3) is 0.143. The number of hydrogen-bond acceptors (Lipinski definition) is 6. The molecule has 1 aromatic carbocycles. The number of hydrogen-bond donors (Lipinski definition) is 4. The van der Waals surface area contributed by atoms with E-state index in [1.165, 1.54) is 0 Å². The molecule has 4 N–H and O–H groups in total. The van der Waals surface area contributed by atoms with Crippen LogP contribution in [0.2, 0.25) is 0 Å². The molecule has 2 amide bonds. The Bertz CT molecular complexity index is 975. The predicted molar refractivity (Wildman–Crippen MR) is 93.2 cm³/mol. The van der Waals surface area contributed by atoms with E-state index >= 15 is 0 Å². The average Bonchev–Trinajstić information content (AvgIpc) is 2.48. The molecule has 0 aliphatic heterocycles. The van der Waals surface area contributed by atoms with Crippen molar-refractivity contribution in [2.45, 2.75) is 23.6 Å². The van der Waals surface area contributed by atoms with E-state index < -0.39 is 53.2 Å². The molecule has 0 heterocycles. The van der Waals surface area contributed by atoms with Gasteiger partial charge in [0.2, 0.25) is 11.8 Å². The molecule has 0 aromatic heterocycles. The number of amides is 2. The van der Waals surface area contributed by atoms with E-state index in [0.29, 0.717) is 0 Å². The van der Waals surface area contributed by atoms with Gasteiger partial charge in [-0.1, -0.05) is 13.2 Å². The van der Waals surface area contributed by atoms with Crippen LogP contribution >= 0.6 is 0 Å². The van der Waals surface area contributed by atoms with Crippen LogP contribution in [-0.2, 0) is 29.8 Å². The number of rotatable bonds is 6. The first-order valence-corrected chi connectivity index (χ1v) is 9.62. The maximum Gasteiger partial charge on any atom is 0.298 e. The summed E-state index contributed by atoms with van der Waals surface area (Å²) < 4.78 is 66.2. The summed E-state index contributed by atoms with van der Waals surface area (Å²) >= 11 is 0. The van der Waals surface area contributed by atoms with Crippen molar-refractivity contribution in [1.82, 2.24) is 0 Å². The fourth-order valence-electron chi connectivity index (χ4n) is 2.27. The molecule has 26 heavy (non-hydrogen) atoms. The van der Waals surface area contributed by atoms with E-state index in [1.807, 2.05) is 0 Å². The van der Waals surface area contributed by atoms with Gasteiger partial charge < -0.3 is 10.6 Å². The van der Waals surface area contributed by atoms with Gasteiger partial charge in [-0.15, -0.1) is 0 Å². The van der Waals surface area contributed by atoms with Crippen molar-refractivity contribution in [1.29, 1.82) is 0 Å². The third-order valence-corrected chi connectivity index (χ3v) is 5.32. The minimum absolute atomic E-state index is 0.371. The lowest BCUT2D eigenvalue weighted by Gasteiger charge is -2.21. The van der Waals surface area contributed by atoms with Gasteiger partial charge in [-0.25, -0.2) is 0 Å². The van der Waals surface area contributed by atoms with Crippen LogP contribution in [0.5, 0.6) is 0 Å². The Morgan fingerprint density at radius 2 is 1.12 bits per heavy atom. The number of carbonyl (C=O) groups is 2. The van der Waals surface area contributed by atoms with E-state index in [4.69, 9.17) is 0 Å². The van der Waals surface area contributed by atoms with Crippen molar-refractivity contribution in [2.75, 3.05) is 10.6 Å². The molecule has 142 valence electrons. The summed E-state index contributed by atoms with van der Waals surface area (Å²) in [6.07, 6.45) is 1.53. The molecule has 0 atom stereocenters. The van der Waals surface area contributed by atoms with Crippen LogP contribution in [0.4, 0.5) is 11.4 Å². The topological polar surface area (TPSA) is 167 Å². The molecule has 10 nitrogen and oxygen atoms in total. The van der Waals surface area contributed by atoms with Gasteiger partial charge in [0, 0.05) is 0 Å². The summed E-state index contributed by atoms with van der Waals surface area (Å²) in [7, 11) is -9.94. The van der Waals surface area contributed by atoms with Crippen molar-refractivity contribution in [3.63, 3.8) is 0 Å². The quantitative estimate of drug-likeness (QED) is 0.403. The molecular formula is C14H16N2O8S2. The largest absolute Gasteiger partial charge is 0.321 e. The van der Waals surface area contributed by atoms with Crippen molar-refractivity contribution in [2.24, 2.45) is 0 Å². The first kappa shape index (κ1) is 21.5. The van der Waals surface area contributed by atoms with Crippen LogP contribution in [0.25, 0.3) is 0 Å². The van der Waals surface area contributed by atoms with Gasteiger partial charge in [0.05, 0.1) is 11.4 Å². The van der Waals surface area contributed by atoms with Crippen LogP contribution in [0.15, 0.2) is 35.1 Å². The molecule has 1 rings (SSSR count). The molecule has 0 saturated carbocycles. The molecule has 0 fully saturated rings. The standard InChI is InChI=1S/C14H16N2O8S2/c1-5-9(17)15-11-7(3)13(25(19,20)21)8(4)12(16-10(18)6-2)14(11)26(22,23)24/h5-6H,1-2H2,3-4H3,(H,15,17)(H,16,18)(H,19,20,21)(H,22,23,24). The van der Waals surface area contributed by atoms with Crippen LogP contribution in [0, 0.1) is 13.8 Å². The Balaban J connectivity index is 4.18. The Morgan fingerprint density at radius 3 is 1.35 bits per heavy atom. The Labute approximate surface area is 150 Å². The maximum atomic E-state index is 11.9. The molecule has 0 bridgehead atoms. The summed E-state index contributed by atoms with van der Waals surface area (Å²) in [4.78, 5) is 21.6. The SMILES string of the molecule is C=CC(=O)Nc1c(C)c(S(=O)(=O)O)c(C)c(NC(=O)C=C)c1S(=O)(=O)O. The summed E-state index contributed by atoms with van der Waals surface area (Å²) in [5.41, 5.74) is -2.03. The fourth-order valence-corrected chi connectivity index (χ4v) is 4.17. The third kappa shape index (κ3) is 4.35. The molecule has 0 unspecified atom stereocenters. The van der Waals surface area contributed by atoms with Gasteiger partial charge in [-0.05, 0) is 37.1 Å². The van der Waals surface area contributed by atoms with E-state index in [1.54, 1.807) is 0 Å². The highest BCUT2D eigenvalue weighted by Gasteiger charge is 2.32. The third-order valence-electron chi connectivity index (χ3n) is 3.27. The highest BCUT2D eigenvalue weighted by molar-refractivity contribution is 7.86. The molecule has 1 aromatic rings. The summed E-state index contributed by atoms with van der Waals surface area (Å²) in [6, 6.07) is 0. The molecule has 0 radical (unpaired) electrons. The Kier molecular flexibility index (Phi) is 6.10. The van der Waals surface area contributed by atoms with Crippen molar-refractivity contribution >= 4 is 43.4 Å². The second kappa shape index (κ2) is 7.37. The predicted octanol–water partition coefficient (Wildman–Crippen LogP) is 1.05. The molecule has 0 aliphatic carbocycles. The average molecular weight is 404 g/mol. The van der Waals surface area contributed by atoms with Gasteiger partial charge in [-0.3, -0.25) is 18.7 Å². The van der Waals surface area contributed by atoms with Crippen molar-refractivity contribution in [3.8, 4) is 0 Å².